The van der Waals surface area contributed by atoms with Crippen LogP contribution in [0, 0.1) is 0 Å². The Labute approximate surface area is 217 Å². The van der Waals surface area contributed by atoms with E-state index in [-0.39, 0.29) is 12.0 Å². The molecule has 9 nitrogen and oxygen atoms in total. The average Bonchev–Trinajstić information content (AvgIpc) is 3.34. The van der Waals surface area contributed by atoms with Gasteiger partial charge in [-0.2, -0.15) is 5.10 Å². The Balaban J connectivity index is 1.17. The Morgan fingerprint density at radius 1 is 0.892 bits per heavy atom. The molecule has 9 heteroatoms. The van der Waals surface area contributed by atoms with Crippen LogP contribution in [-0.2, 0) is 7.05 Å². The second-order valence-electron chi connectivity index (χ2n) is 9.66. The number of carbonyl (C=O) groups is 1. The van der Waals surface area contributed by atoms with Crippen molar-refractivity contribution >= 4 is 5.91 Å². The first kappa shape index (κ1) is 25.1. The van der Waals surface area contributed by atoms with Crippen molar-refractivity contribution in [2.45, 2.75) is 37.8 Å². The number of hydrogen-bond acceptors (Lipinski definition) is 7. The zero-order valence-corrected chi connectivity index (χ0v) is 21.8. The molecule has 0 unspecified atom stereocenters. The van der Waals surface area contributed by atoms with E-state index in [0.717, 1.165) is 63.2 Å². The predicted molar refractivity (Wildman–Crippen MR) is 140 cm³/mol. The summed E-state index contributed by atoms with van der Waals surface area (Å²) in [6.07, 6.45) is 7.79. The quantitative estimate of drug-likeness (QED) is 0.485. The van der Waals surface area contributed by atoms with Gasteiger partial charge in [0.25, 0.3) is 5.91 Å². The van der Waals surface area contributed by atoms with Gasteiger partial charge in [-0.3, -0.25) is 19.4 Å². The molecule has 0 radical (unpaired) electrons. The number of ether oxygens (including phenoxy) is 3. The number of piperidine rings is 2. The van der Waals surface area contributed by atoms with Crippen LogP contribution in [0.1, 0.15) is 36.2 Å². The molecule has 0 N–H and O–H groups in total. The molecule has 196 valence electrons. The summed E-state index contributed by atoms with van der Waals surface area (Å²) in [7, 11) is 5.07. The van der Waals surface area contributed by atoms with Crippen LogP contribution in [0.15, 0.2) is 48.8 Å². The van der Waals surface area contributed by atoms with Crippen molar-refractivity contribution in [2.24, 2.45) is 7.05 Å². The van der Waals surface area contributed by atoms with Crippen molar-refractivity contribution in [2.75, 3.05) is 40.4 Å². The molecule has 0 atom stereocenters. The Kier molecular flexibility index (Phi) is 7.60. The largest absolute Gasteiger partial charge is 0.497 e. The van der Waals surface area contributed by atoms with Crippen LogP contribution in [0.3, 0.4) is 0 Å². The van der Waals surface area contributed by atoms with E-state index >= 15 is 0 Å². The van der Waals surface area contributed by atoms with Gasteiger partial charge in [0.15, 0.2) is 0 Å². The highest BCUT2D eigenvalue weighted by Crippen LogP contribution is 2.33. The summed E-state index contributed by atoms with van der Waals surface area (Å²) in [5.41, 5.74) is 2.06. The maximum atomic E-state index is 13.4. The smallest absolute Gasteiger partial charge is 0.272 e. The molecule has 4 heterocycles. The molecule has 1 amide bonds. The summed E-state index contributed by atoms with van der Waals surface area (Å²) in [6.45, 7) is 3.56. The first-order valence-electron chi connectivity index (χ1n) is 12.9. The van der Waals surface area contributed by atoms with Gasteiger partial charge in [-0.1, -0.05) is 0 Å². The lowest BCUT2D eigenvalue weighted by Gasteiger charge is -2.41. The highest BCUT2D eigenvalue weighted by molar-refractivity contribution is 5.94. The predicted octanol–water partition coefficient (Wildman–Crippen LogP) is 3.65. The Hall–Kier alpha value is -3.59. The fourth-order valence-corrected chi connectivity index (χ4v) is 5.38. The summed E-state index contributed by atoms with van der Waals surface area (Å²) >= 11 is 0. The Bertz CT molecular complexity index is 1200. The second-order valence-corrected chi connectivity index (χ2v) is 9.66. The minimum atomic E-state index is 0.0195. The number of pyridine rings is 1. The van der Waals surface area contributed by atoms with Gasteiger partial charge >= 0.3 is 0 Å². The Morgan fingerprint density at radius 2 is 1.62 bits per heavy atom. The first-order valence-corrected chi connectivity index (χ1v) is 12.9. The van der Waals surface area contributed by atoms with Gasteiger partial charge in [-0.05, 0) is 62.1 Å². The van der Waals surface area contributed by atoms with Crippen molar-refractivity contribution in [3.8, 4) is 28.5 Å². The summed E-state index contributed by atoms with van der Waals surface area (Å²) in [4.78, 5) is 22.0. The molecule has 0 saturated carbocycles. The van der Waals surface area contributed by atoms with Gasteiger partial charge < -0.3 is 19.1 Å². The van der Waals surface area contributed by atoms with E-state index in [0.29, 0.717) is 28.9 Å². The third-order valence-electron chi connectivity index (χ3n) is 7.48. The van der Waals surface area contributed by atoms with Crippen LogP contribution >= 0.6 is 0 Å². The molecule has 2 saturated heterocycles. The molecule has 0 aliphatic carbocycles. The van der Waals surface area contributed by atoms with Gasteiger partial charge in [0.05, 0.1) is 19.9 Å². The number of carbonyl (C=O) groups excluding carboxylic acids is 1. The van der Waals surface area contributed by atoms with Crippen LogP contribution < -0.4 is 14.2 Å². The fourth-order valence-electron chi connectivity index (χ4n) is 5.38. The van der Waals surface area contributed by atoms with Crippen LogP contribution in [0.25, 0.3) is 11.3 Å². The van der Waals surface area contributed by atoms with E-state index in [1.54, 1.807) is 31.3 Å². The lowest BCUT2D eigenvalue weighted by atomic mass is 9.98. The molecule has 2 fully saturated rings. The minimum absolute atomic E-state index is 0.0195. The zero-order chi connectivity index (χ0) is 25.8. The molecular weight excluding hydrogens is 470 g/mol. The molecule has 5 rings (SSSR count). The molecular formula is C28H35N5O4. The highest BCUT2D eigenvalue weighted by atomic mass is 16.5. The summed E-state index contributed by atoms with van der Waals surface area (Å²) in [6, 6.07) is 11.8. The van der Waals surface area contributed by atoms with Crippen LogP contribution in [0.4, 0.5) is 0 Å². The monoisotopic (exact) mass is 505 g/mol. The van der Waals surface area contributed by atoms with E-state index in [4.69, 9.17) is 14.2 Å². The first-order chi connectivity index (χ1) is 18.1. The number of nitrogens with zero attached hydrogens (tertiary/aromatic N) is 5. The molecule has 2 aliphatic heterocycles. The maximum absolute atomic E-state index is 13.4. The van der Waals surface area contributed by atoms with Crippen LogP contribution in [0.2, 0.25) is 0 Å². The molecule has 0 spiro atoms. The molecule has 2 aromatic heterocycles. The lowest BCUT2D eigenvalue weighted by molar-refractivity contribution is 0.0420. The molecule has 1 aromatic carbocycles. The molecule has 0 bridgehead atoms. The van der Waals surface area contributed by atoms with Gasteiger partial charge in [0, 0.05) is 57.2 Å². The summed E-state index contributed by atoms with van der Waals surface area (Å²) < 4.78 is 18.7. The van der Waals surface area contributed by atoms with Crippen molar-refractivity contribution in [1.29, 1.82) is 0 Å². The van der Waals surface area contributed by atoms with Crippen LogP contribution in [0.5, 0.6) is 17.2 Å². The van der Waals surface area contributed by atoms with Crippen molar-refractivity contribution < 1.29 is 19.0 Å². The number of methoxy groups -OCH3 is 2. The van der Waals surface area contributed by atoms with Gasteiger partial charge in [-0.25, -0.2) is 0 Å². The third-order valence-corrected chi connectivity index (χ3v) is 7.48. The number of likely N-dealkylation sites (tertiary alicyclic amines) is 2. The number of rotatable bonds is 7. The van der Waals surface area contributed by atoms with E-state index in [1.165, 1.54) is 0 Å². The van der Waals surface area contributed by atoms with Crippen molar-refractivity contribution in [1.82, 2.24) is 24.6 Å². The average molecular weight is 506 g/mol. The summed E-state index contributed by atoms with van der Waals surface area (Å²) in [5.74, 6) is 2.31. The van der Waals surface area contributed by atoms with Crippen molar-refractivity contribution in [3.63, 3.8) is 0 Å². The third kappa shape index (κ3) is 5.56. The Morgan fingerprint density at radius 3 is 2.30 bits per heavy atom. The van der Waals surface area contributed by atoms with Gasteiger partial charge in [0.2, 0.25) is 0 Å². The standard InChI is InChI=1S/C28H35N5O4/c1-31-26(19-25(30-31)24-18-23(35-2)4-5-27(24)36-3)28(34)33-14-8-20(9-15-33)32-16-10-22(11-17-32)37-21-6-12-29-13-7-21/h4-7,12-13,18-20,22H,8-11,14-17H2,1-3H3. The number of amides is 1. The number of aromatic nitrogens is 3. The minimum Gasteiger partial charge on any atom is -0.497 e. The van der Waals surface area contributed by atoms with E-state index < -0.39 is 0 Å². The van der Waals surface area contributed by atoms with E-state index in [1.807, 2.05) is 48.3 Å². The van der Waals surface area contributed by atoms with Gasteiger partial charge in [0.1, 0.15) is 29.0 Å². The highest BCUT2D eigenvalue weighted by Gasteiger charge is 2.31. The van der Waals surface area contributed by atoms with Crippen LogP contribution in [-0.4, -0.2) is 83.0 Å². The zero-order valence-electron chi connectivity index (χ0n) is 21.8. The normalized spacial score (nSPS) is 17.5. The van der Waals surface area contributed by atoms with E-state index in [2.05, 4.69) is 15.0 Å². The number of aryl methyl sites for hydroxylation is 1. The fraction of sp³-hybridized carbons (Fsp3) is 0.464. The van der Waals surface area contributed by atoms with Crippen molar-refractivity contribution in [3.05, 3.63) is 54.5 Å². The topological polar surface area (TPSA) is 82.0 Å². The van der Waals surface area contributed by atoms with E-state index in [9.17, 15) is 4.79 Å². The molecule has 3 aromatic rings. The van der Waals surface area contributed by atoms with Gasteiger partial charge in [-0.15, -0.1) is 0 Å². The number of benzene rings is 1. The second kappa shape index (κ2) is 11.2. The summed E-state index contributed by atoms with van der Waals surface area (Å²) in [5, 5.41) is 4.62. The number of hydrogen-bond donors (Lipinski definition) is 0. The molecule has 37 heavy (non-hydrogen) atoms. The maximum Gasteiger partial charge on any atom is 0.272 e. The molecule has 2 aliphatic rings. The lowest BCUT2D eigenvalue weighted by Crippen LogP contribution is -2.50. The SMILES string of the molecule is COc1ccc(OC)c(-c2cc(C(=O)N3CCC(N4CCC(Oc5ccncc5)CC4)CC3)n(C)n2)c1.